The molecule has 5 nitrogen and oxygen atoms in total. The summed E-state index contributed by atoms with van der Waals surface area (Å²) in [5.74, 6) is 2.13. The number of fused-ring (bicyclic) bond motifs is 1. The molecule has 3 heterocycles. The second-order valence-electron chi connectivity index (χ2n) is 4.55. The van der Waals surface area contributed by atoms with Gasteiger partial charge in [-0.2, -0.15) is 0 Å². The van der Waals surface area contributed by atoms with Gasteiger partial charge in [0.1, 0.15) is 28.1 Å². The van der Waals surface area contributed by atoms with Crippen LogP contribution in [0, 0.1) is 0 Å². The van der Waals surface area contributed by atoms with Crippen LogP contribution in [0.1, 0.15) is 12.7 Å². The highest BCUT2D eigenvalue weighted by atomic mass is 35.5. The number of aryl methyl sites for hydroxylation is 1. The molecule has 3 aromatic heterocycles. The maximum absolute atomic E-state index is 6.00. The number of thiophene rings is 1. The molecule has 0 aliphatic rings. The van der Waals surface area contributed by atoms with Crippen LogP contribution in [0.15, 0.2) is 29.8 Å². The molecule has 0 unspecified atom stereocenters. The third kappa shape index (κ3) is 3.28. The lowest BCUT2D eigenvalue weighted by Gasteiger charge is -2.10. The van der Waals surface area contributed by atoms with Crippen molar-refractivity contribution in [3.63, 3.8) is 0 Å². The lowest BCUT2D eigenvalue weighted by molar-refractivity contribution is 0.320. The van der Waals surface area contributed by atoms with E-state index in [-0.39, 0.29) is 0 Å². The van der Waals surface area contributed by atoms with Crippen LogP contribution in [0.2, 0.25) is 5.02 Å². The number of hydrogen-bond donors (Lipinski definition) is 1. The van der Waals surface area contributed by atoms with Gasteiger partial charge in [-0.1, -0.05) is 18.5 Å². The largest absolute Gasteiger partial charge is 0.475 e. The van der Waals surface area contributed by atoms with E-state index >= 15 is 0 Å². The number of nitrogens with zero attached hydrogens (tertiary/aromatic N) is 3. The van der Waals surface area contributed by atoms with Gasteiger partial charge in [0.2, 0.25) is 5.88 Å². The zero-order chi connectivity index (χ0) is 15.4. The fraction of sp³-hybridized carbons (Fsp3) is 0.267. The van der Waals surface area contributed by atoms with Crippen LogP contribution < -0.4 is 10.1 Å². The summed E-state index contributed by atoms with van der Waals surface area (Å²) in [5.41, 5.74) is 0. The zero-order valence-corrected chi connectivity index (χ0v) is 13.6. The Balaban J connectivity index is 1.64. The van der Waals surface area contributed by atoms with Gasteiger partial charge in [-0.15, -0.1) is 11.3 Å². The second-order valence-corrected chi connectivity index (χ2v) is 5.85. The first-order valence-electron chi connectivity index (χ1n) is 6.99. The Morgan fingerprint density at radius 2 is 2.23 bits per heavy atom. The summed E-state index contributed by atoms with van der Waals surface area (Å²) in [6, 6.07) is 5.55. The van der Waals surface area contributed by atoms with Gasteiger partial charge in [0.05, 0.1) is 11.9 Å². The molecule has 0 bridgehead atoms. The van der Waals surface area contributed by atoms with E-state index in [1.165, 1.54) is 0 Å². The Bertz CT molecular complexity index is 777. The van der Waals surface area contributed by atoms with Gasteiger partial charge >= 0.3 is 0 Å². The number of hydrogen-bond acceptors (Lipinski definition) is 6. The summed E-state index contributed by atoms with van der Waals surface area (Å²) in [7, 11) is 0. The molecular formula is C15H15ClN4OS. The third-order valence-electron chi connectivity index (χ3n) is 3.05. The lowest BCUT2D eigenvalue weighted by atomic mass is 10.3. The van der Waals surface area contributed by atoms with Crippen molar-refractivity contribution in [3.8, 4) is 5.88 Å². The summed E-state index contributed by atoms with van der Waals surface area (Å²) >= 11 is 7.62. The molecular weight excluding hydrogens is 320 g/mol. The summed E-state index contributed by atoms with van der Waals surface area (Å²) in [6.45, 7) is 3.11. The minimum Gasteiger partial charge on any atom is -0.475 e. The van der Waals surface area contributed by atoms with Crippen LogP contribution in [0.4, 0.5) is 5.82 Å². The van der Waals surface area contributed by atoms with Crippen molar-refractivity contribution in [2.75, 3.05) is 18.5 Å². The average Bonchev–Trinajstić information content (AvgIpc) is 3.01. The third-order valence-corrected chi connectivity index (χ3v) is 4.14. The maximum Gasteiger partial charge on any atom is 0.232 e. The first kappa shape index (κ1) is 15.0. The lowest BCUT2D eigenvalue weighted by Crippen LogP contribution is -2.14. The van der Waals surface area contributed by atoms with Crippen LogP contribution in [-0.4, -0.2) is 28.1 Å². The van der Waals surface area contributed by atoms with Crippen LogP contribution in [0.3, 0.4) is 0 Å². The monoisotopic (exact) mass is 334 g/mol. The molecule has 0 spiro atoms. The van der Waals surface area contributed by atoms with E-state index in [0.717, 1.165) is 28.3 Å². The smallest absolute Gasteiger partial charge is 0.232 e. The maximum atomic E-state index is 6.00. The molecule has 0 amide bonds. The highest BCUT2D eigenvalue weighted by Gasteiger charge is 2.08. The highest BCUT2D eigenvalue weighted by molar-refractivity contribution is 7.16. The summed E-state index contributed by atoms with van der Waals surface area (Å²) in [4.78, 5) is 14.1. The summed E-state index contributed by atoms with van der Waals surface area (Å²) in [6.07, 6.45) is 2.46. The van der Waals surface area contributed by atoms with Gasteiger partial charge in [-0.3, -0.25) is 0 Å². The topological polar surface area (TPSA) is 59.9 Å². The molecule has 22 heavy (non-hydrogen) atoms. The van der Waals surface area contributed by atoms with Crippen molar-refractivity contribution in [1.82, 2.24) is 15.0 Å². The Labute approximate surface area is 137 Å². The van der Waals surface area contributed by atoms with Gasteiger partial charge in [0, 0.05) is 12.6 Å². The molecule has 0 aliphatic heterocycles. The zero-order valence-electron chi connectivity index (χ0n) is 12.0. The fourth-order valence-electron chi connectivity index (χ4n) is 1.99. The molecule has 114 valence electrons. The number of aromatic nitrogens is 3. The Hall–Kier alpha value is -1.92. The van der Waals surface area contributed by atoms with Crippen LogP contribution in [0.5, 0.6) is 5.88 Å². The Morgan fingerprint density at radius 3 is 3.05 bits per heavy atom. The normalized spacial score (nSPS) is 10.8. The molecule has 3 rings (SSSR count). The van der Waals surface area contributed by atoms with Crippen LogP contribution in [0.25, 0.3) is 10.2 Å². The minimum atomic E-state index is 0.448. The van der Waals surface area contributed by atoms with Crippen molar-refractivity contribution in [3.05, 3.63) is 40.6 Å². The Kier molecular flexibility index (Phi) is 4.70. The fourth-order valence-corrected chi connectivity index (χ4v) is 2.95. The quantitative estimate of drug-likeness (QED) is 0.695. The van der Waals surface area contributed by atoms with Gasteiger partial charge < -0.3 is 10.1 Å². The van der Waals surface area contributed by atoms with Crippen molar-refractivity contribution < 1.29 is 4.74 Å². The van der Waals surface area contributed by atoms with Gasteiger partial charge in [0.25, 0.3) is 0 Å². The van der Waals surface area contributed by atoms with E-state index in [9.17, 15) is 0 Å². The molecule has 0 radical (unpaired) electrons. The average molecular weight is 335 g/mol. The van der Waals surface area contributed by atoms with E-state index < -0.39 is 0 Å². The van der Waals surface area contributed by atoms with Crippen molar-refractivity contribution >= 4 is 39.0 Å². The second kappa shape index (κ2) is 6.89. The number of pyridine rings is 1. The van der Waals surface area contributed by atoms with Gasteiger partial charge in [0.15, 0.2) is 0 Å². The standard InChI is InChI=1S/C15H15ClN4OS/c1-2-12-19-13(10-5-9-22-15(10)20-12)17-7-8-21-14-11(16)4-3-6-18-14/h3-6,9H,2,7-8H2,1H3,(H,17,19,20). The number of halogens is 1. The number of nitrogens with one attached hydrogen (secondary N) is 1. The van der Waals surface area contributed by atoms with Crippen LogP contribution >= 0.6 is 22.9 Å². The number of rotatable bonds is 6. The van der Waals surface area contributed by atoms with Crippen molar-refractivity contribution in [2.24, 2.45) is 0 Å². The van der Waals surface area contributed by atoms with Gasteiger partial charge in [-0.25, -0.2) is 15.0 Å². The van der Waals surface area contributed by atoms with E-state index in [4.69, 9.17) is 16.3 Å². The molecule has 3 aromatic rings. The minimum absolute atomic E-state index is 0.448. The van der Waals surface area contributed by atoms with Crippen LogP contribution in [-0.2, 0) is 6.42 Å². The van der Waals surface area contributed by atoms with Crippen molar-refractivity contribution in [1.29, 1.82) is 0 Å². The van der Waals surface area contributed by atoms with E-state index in [1.54, 1.807) is 29.7 Å². The van der Waals surface area contributed by atoms with E-state index in [2.05, 4.69) is 20.3 Å². The summed E-state index contributed by atoms with van der Waals surface area (Å²) < 4.78 is 5.56. The van der Waals surface area contributed by atoms with E-state index in [1.807, 2.05) is 18.4 Å². The Morgan fingerprint density at radius 1 is 1.32 bits per heavy atom. The number of ether oxygens (including phenoxy) is 1. The molecule has 1 N–H and O–H groups in total. The first-order chi connectivity index (χ1) is 10.8. The molecule has 0 saturated heterocycles. The molecule has 0 aliphatic carbocycles. The predicted molar refractivity (Wildman–Crippen MR) is 90.0 cm³/mol. The molecule has 7 heteroatoms. The molecule has 0 atom stereocenters. The first-order valence-corrected chi connectivity index (χ1v) is 8.25. The molecule has 0 fully saturated rings. The summed E-state index contributed by atoms with van der Waals surface area (Å²) in [5, 5.41) is 6.87. The SMILES string of the molecule is CCc1nc(NCCOc2ncccc2Cl)c2ccsc2n1. The highest BCUT2D eigenvalue weighted by Crippen LogP contribution is 2.25. The van der Waals surface area contributed by atoms with E-state index in [0.29, 0.717) is 24.1 Å². The van der Waals surface area contributed by atoms with Gasteiger partial charge in [-0.05, 0) is 23.6 Å². The molecule has 0 saturated carbocycles. The molecule has 0 aromatic carbocycles. The predicted octanol–water partition coefficient (Wildman–Crippen LogP) is 3.79. The number of anilines is 1. The van der Waals surface area contributed by atoms with Crippen molar-refractivity contribution in [2.45, 2.75) is 13.3 Å².